The molecule has 0 amide bonds. The summed E-state index contributed by atoms with van der Waals surface area (Å²) in [6, 6.07) is 10.1. The van der Waals surface area contributed by atoms with Crippen molar-refractivity contribution in [2.75, 3.05) is 0 Å². The number of ketones is 1. The zero-order valence-electron chi connectivity index (χ0n) is 10.3. The Hall–Kier alpha value is -2.94. The normalized spacial score (nSPS) is 13.9. The molecule has 1 aliphatic carbocycles. The van der Waals surface area contributed by atoms with Crippen LogP contribution in [0.4, 0.5) is 0 Å². The van der Waals surface area contributed by atoms with E-state index < -0.39 is 5.78 Å². The molecule has 0 bridgehead atoms. The molecule has 1 aromatic carbocycles. The molecule has 6 heteroatoms. The number of hydrogen-bond acceptors (Lipinski definition) is 5. The fraction of sp³-hybridized carbons (Fsp3) is 0. The number of Topliss-reactive ketones (excluding diaryl/α,β-unsaturated/α-hetero) is 1. The van der Waals surface area contributed by atoms with Crippen molar-refractivity contribution in [3.05, 3.63) is 49.6 Å². The van der Waals surface area contributed by atoms with Crippen molar-refractivity contribution in [1.82, 2.24) is 0 Å². The second kappa shape index (κ2) is 5.59. The minimum atomic E-state index is -0.453. The van der Waals surface area contributed by atoms with Crippen molar-refractivity contribution < 1.29 is 4.79 Å². The van der Waals surface area contributed by atoms with Crippen molar-refractivity contribution in [2.45, 2.75) is 0 Å². The summed E-state index contributed by atoms with van der Waals surface area (Å²) in [5, 5.41) is 36.5. The quantitative estimate of drug-likeness (QED) is 0.389. The van der Waals surface area contributed by atoms with Gasteiger partial charge in [0.1, 0.15) is 17.7 Å². The third-order valence-electron chi connectivity index (χ3n) is 3.02. The first-order chi connectivity index (χ1) is 10.1. The molecule has 0 N–H and O–H groups in total. The minimum absolute atomic E-state index is 0.0810. The van der Waals surface area contributed by atoms with Crippen molar-refractivity contribution in [3.8, 4) is 24.3 Å². The number of halogens is 1. The van der Waals surface area contributed by atoms with Crippen LogP contribution in [0.25, 0.3) is 5.57 Å². The van der Waals surface area contributed by atoms with Crippen LogP contribution in [-0.4, -0.2) is 5.78 Å². The highest BCUT2D eigenvalue weighted by atomic mass is 127. The Morgan fingerprint density at radius 3 is 1.95 bits per heavy atom. The Labute approximate surface area is 133 Å². The number of nitriles is 4. The molecule has 0 aliphatic heterocycles. The lowest BCUT2D eigenvalue weighted by Crippen LogP contribution is -1.99. The molecule has 0 heterocycles. The molecule has 0 radical (unpaired) electrons. The minimum Gasteiger partial charge on any atom is -0.288 e. The van der Waals surface area contributed by atoms with Crippen LogP contribution in [0.15, 0.2) is 27.4 Å². The molecule has 21 heavy (non-hydrogen) atoms. The standard InChI is InChI=1S/C15H3IN4O/c16-3-11-12(10(6-19)7-20)13-8(4-17)1-2-9(5-18)14(13)15(11)21/h1-3H/b11-3+. The van der Waals surface area contributed by atoms with E-state index in [4.69, 9.17) is 15.8 Å². The third-order valence-corrected chi connectivity index (χ3v) is 3.64. The van der Waals surface area contributed by atoms with Gasteiger partial charge in [0, 0.05) is 22.3 Å². The number of hydrogen-bond donors (Lipinski definition) is 0. The van der Waals surface area contributed by atoms with Crippen LogP contribution in [0.3, 0.4) is 0 Å². The smallest absolute Gasteiger partial charge is 0.196 e. The van der Waals surface area contributed by atoms with E-state index in [0.29, 0.717) is 0 Å². The summed E-state index contributed by atoms with van der Waals surface area (Å²) in [6.45, 7) is 0. The predicted octanol–water partition coefficient (Wildman–Crippen LogP) is 2.75. The first-order valence-corrected chi connectivity index (χ1v) is 6.76. The van der Waals surface area contributed by atoms with Crippen LogP contribution < -0.4 is 0 Å². The first-order valence-electron chi connectivity index (χ1n) is 5.52. The molecular weight excluding hydrogens is 379 g/mol. The molecule has 96 valence electrons. The van der Waals surface area contributed by atoms with Crippen LogP contribution in [0.5, 0.6) is 0 Å². The molecular formula is C15H3IN4O. The number of nitrogens with zero attached hydrogens (tertiary/aromatic N) is 4. The lowest BCUT2D eigenvalue weighted by molar-refractivity contribution is 0.104. The number of benzene rings is 1. The summed E-state index contributed by atoms with van der Waals surface area (Å²) in [4.78, 5) is 12.4. The van der Waals surface area contributed by atoms with Gasteiger partial charge in [0.05, 0.1) is 23.3 Å². The first kappa shape index (κ1) is 14.5. The van der Waals surface area contributed by atoms with Gasteiger partial charge in [-0.2, -0.15) is 21.0 Å². The second-order valence-corrected chi connectivity index (χ2v) is 4.58. The van der Waals surface area contributed by atoms with Crippen molar-refractivity contribution in [1.29, 1.82) is 21.0 Å². The van der Waals surface area contributed by atoms with Crippen LogP contribution in [0.2, 0.25) is 0 Å². The third kappa shape index (κ3) is 1.99. The van der Waals surface area contributed by atoms with E-state index in [1.807, 2.05) is 34.7 Å². The van der Waals surface area contributed by atoms with E-state index in [0.717, 1.165) is 0 Å². The maximum atomic E-state index is 12.4. The van der Waals surface area contributed by atoms with Gasteiger partial charge >= 0.3 is 0 Å². The Morgan fingerprint density at radius 1 is 1.00 bits per heavy atom. The van der Waals surface area contributed by atoms with Gasteiger partial charge in [-0.15, -0.1) is 0 Å². The van der Waals surface area contributed by atoms with E-state index in [9.17, 15) is 10.1 Å². The number of rotatable bonds is 0. The largest absolute Gasteiger partial charge is 0.288 e. The van der Waals surface area contributed by atoms with Crippen molar-refractivity contribution in [3.63, 3.8) is 0 Å². The maximum absolute atomic E-state index is 12.4. The molecule has 0 unspecified atom stereocenters. The van der Waals surface area contributed by atoms with E-state index >= 15 is 0 Å². The highest BCUT2D eigenvalue weighted by Gasteiger charge is 2.36. The zero-order valence-corrected chi connectivity index (χ0v) is 12.5. The Morgan fingerprint density at radius 2 is 1.52 bits per heavy atom. The van der Waals surface area contributed by atoms with Crippen LogP contribution >= 0.6 is 22.6 Å². The lowest BCUT2D eigenvalue weighted by Gasteiger charge is -2.04. The van der Waals surface area contributed by atoms with Crippen LogP contribution in [-0.2, 0) is 0 Å². The zero-order chi connectivity index (χ0) is 15.6. The topological polar surface area (TPSA) is 112 Å². The average molecular weight is 382 g/mol. The molecule has 1 aromatic rings. The summed E-state index contributed by atoms with van der Waals surface area (Å²) in [5.74, 6) is -0.453. The average Bonchev–Trinajstić information content (AvgIpc) is 2.81. The van der Waals surface area contributed by atoms with Gasteiger partial charge in [0.25, 0.3) is 0 Å². The van der Waals surface area contributed by atoms with Gasteiger partial charge < -0.3 is 0 Å². The van der Waals surface area contributed by atoms with Gasteiger partial charge in [-0.1, -0.05) is 22.6 Å². The highest BCUT2D eigenvalue weighted by molar-refractivity contribution is 14.1. The van der Waals surface area contributed by atoms with Gasteiger partial charge in [-0.25, -0.2) is 0 Å². The fourth-order valence-corrected chi connectivity index (χ4v) is 2.76. The molecule has 2 rings (SSSR count). The number of carbonyl (C=O) groups is 1. The summed E-state index contributed by atoms with van der Waals surface area (Å²) < 4.78 is 1.45. The van der Waals surface area contributed by atoms with Crippen molar-refractivity contribution in [2.24, 2.45) is 0 Å². The van der Waals surface area contributed by atoms with Gasteiger partial charge in [0.2, 0.25) is 0 Å². The van der Waals surface area contributed by atoms with Gasteiger partial charge in [-0.3, -0.25) is 4.79 Å². The molecule has 0 saturated carbocycles. The summed E-state index contributed by atoms with van der Waals surface area (Å²) in [7, 11) is 0. The summed E-state index contributed by atoms with van der Waals surface area (Å²) in [5.41, 5.74) is 0.584. The molecule has 1 aliphatic rings. The van der Waals surface area contributed by atoms with Gasteiger partial charge in [0.15, 0.2) is 5.78 Å². The van der Waals surface area contributed by atoms with Crippen LogP contribution in [0, 0.1) is 45.3 Å². The second-order valence-electron chi connectivity index (χ2n) is 3.96. The molecule has 5 nitrogen and oxygen atoms in total. The van der Waals surface area contributed by atoms with Crippen molar-refractivity contribution >= 4 is 33.9 Å². The summed E-state index contributed by atoms with van der Waals surface area (Å²) in [6.07, 6.45) is 0. The summed E-state index contributed by atoms with van der Waals surface area (Å²) >= 11 is 1.83. The monoisotopic (exact) mass is 382 g/mol. The number of carbonyl (C=O) groups excluding carboxylic acids is 1. The van der Waals surface area contributed by atoms with Gasteiger partial charge in [-0.05, 0) is 16.2 Å². The SMILES string of the molecule is N#CC(C#N)=C1/C(=C\I)C(=O)c2c(C#N)ccc(C#N)c21. The Balaban J connectivity index is 3.09. The number of allylic oxidation sites excluding steroid dienone is 3. The van der Waals surface area contributed by atoms with Crippen LogP contribution in [0.1, 0.15) is 27.0 Å². The fourth-order valence-electron chi connectivity index (χ4n) is 2.17. The van der Waals surface area contributed by atoms with E-state index in [1.165, 1.54) is 16.2 Å². The highest BCUT2D eigenvalue weighted by Crippen LogP contribution is 2.42. The molecule has 0 spiro atoms. The van der Waals surface area contributed by atoms with E-state index in [1.54, 1.807) is 12.1 Å². The van der Waals surface area contributed by atoms with E-state index in [2.05, 4.69) is 0 Å². The number of fused-ring (bicyclic) bond motifs is 1. The predicted molar refractivity (Wildman–Crippen MR) is 80.5 cm³/mol. The lowest BCUT2D eigenvalue weighted by atomic mass is 9.94. The van der Waals surface area contributed by atoms with E-state index in [-0.39, 0.29) is 39.0 Å². The molecule has 0 atom stereocenters. The Kier molecular flexibility index (Phi) is 3.85. The molecule has 0 fully saturated rings. The Bertz CT molecular complexity index is 895. The molecule has 0 aromatic heterocycles. The maximum Gasteiger partial charge on any atom is 0.196 e. The molecule has 0 saturated heterocycles.